The number of nitrogens with zero attached hydrogens (tertiary/aromatic N) is 6. The summed E-state index contributed by atoms with van der Waals surface area (Å²) in [5, 5.41) is 3.49. The van der Waals surface area contributed by atoms with Gasteiger partial charge in [0.25, 0.3) is 0 Å². The van der Waals surface area contributed by atoms with E-state index in [1.54, 1.807) is 6.07 Å². The third kappa shape index (κ3) is 2.83. The van der Waals surface area contributed by atoms with Crippen LogP contribution in [-0.4, -0.2) is 36.1 Å². The Morgan fingerprint density at radius 2 is 2.47 bits per heavy atom. The second kappa shape index (κ2) is 5.40. The lowest BCUT2D eigenvalue weighted by atomic mass is 10.1. The molecule has 1 atom stereocenters. The van der Waals surface area contributed by atoms with Gasteiger partial charge in [-0.1, -0.05) is 5.11 Å². The van der Waals surface area contributed by atoms with Gasteiger partial charge in [-0.05, 0) is 11.4 Å². The van der Waals surface area contributed by atoms with Crippen LogP contribution in [0.5, 0.6) is 5.88 Å². The van der Waals surface area contributed by atoms with E-state index in [-0.39, 0.29) is 24.3 Å². The normalized spacial score (nSPS) is 18.3. The summed E-state index contributed by atoms with van der Waals surface area (Å²) in [4.78, 5) is 24.0. The number of nitrogens with two attached hydrogens (primary N) is 1. The number of rotatable bonds is 4. The number of hydrogen-bond acceptors (Lipinski definition) is 6. The first-order valence-electron chi connectivity index (χ1n) is 5.63. The standard InChI is InChI=1S/C10H13N7O2/c1-19-8-3-7(14-10(11)15-8)17-5-6(2-9(17)18)4-13-16-12/h3,6H,2,4-5H2,1H3,(H2,11,14,15). The lowest BCUT2D eigenvalue weighted by Crippen LogP contribution is -2.26. The smallest absolute Gasteiger partial charge is 0.228 e. The Hall–Kier alpha value is -2.54. The summed E-state index contributed by atoms with van der Waals surface area (Å²) in [6.45, 7) is 0.730. The van der Waals surface area contributed by atoms with Gasteiger partial charge in [0.1, 0.15) is 5.82 Å². The molecule has 2 heterocycles. The van der Waals surface area contributed by atoms with Crippen LogP contribution in [0.3, 0.4) is 0 Å². The van der Waals surface area contributed by atoms with Crippen LogP contribution in [0.2, 0.25) is 0 Å². The van der Waals surface area contributed by atoms with Crippen LogP contribution < -0.4 is 15.4 Å². The van der Waals surface area contributed by atoms with Crippen LogP contribution in [0.15, 0.2) is 11.2 Å². The highest BCUT2D eigenvalue weighted by Crippen LogP contribution is 2.26. The molecule has 100 valence electrons. The average Bonchev–Trinajstić information content (AvgIpc) is 2.76. The number of carbonyl (C=O) groups excluding carboxylic acids is 1. The maximum absolute atomic E-state index is 11.9. The number of nitrogen functional groups attached to an aromatic ring is 1. The summed E-state index contributed by atoms with van der Waals surface area (Å²) < 4.78 is 4.99. The van der Waals surface area contributed by atoms with Gasteiger partial charge < -0.3 is 10.5 Å². The SMILES string of the molecule is COc1cc(N2CC(CN=[N+]=[N-])CC2=O)nc(N)n1. The van der Waals surface area contributed by atoms with Gasteiger partial charge in [-0.25, -0.2) is 0 Å². The maximum atomic E-state index is 11.9. The Labute approximate surface area is 109 Å². The van der Waals surface area contributed by atoms with Crippen molar-refractivity contribution in [3.05, 3.63) is 16.5 Å². The van der Waals surface area contributed by atoms with Crippen LogP contribution in [-0.2, 0) is 4.79 Å². The molecule has 1 amide bonds. The summed E-state index contributed by atoms with van der Waals surface area (Å²) in [6, 6.07) is 1.55. The summed E-state index contributed by atoms with van der Waals surface area (Å²) in [7, 11) is 1.46. The van der Waals surface area contributed by atoms with Gasteiger partial charge in [0.05, 0.1) is 7.11 Å². The van der Waals surface area contributed by atoms with Crippen LogP contribution in [0.1, 0.15) is 6.42 Å². The largest absolute Gasteiger partial charge is 0.481 e. The van der Waals surface area contributed by atoms with Crippen LogP contribution in [0, 0.1) is 5.92 Å². The topological polar surface area (TPSA) is 130 Å². The van der Waals surface area contributed by atoms with E-state index in [4.69, 9.17) is 16.0 Å². The molecule has 9 heteroatoms. The molecular weight excluding hydrogens is 250 g/mol. The number of azide groups is 1. The molecule has 1 aliphatic heterocycles. The molecule has 0 aliphatic carbocycles. The highest BCUT2D eigenvalue weighted by atomic mass is 16.5. The van der Waals surface area contributed by atoms with E-state index < -0.39 is 0 Å². The zero-order valence-electron chi connectivity index (χ0n) is 10.4. The molecule has 1 aliphatic rings. The van der Waals surface area contributed by atoms with Gasteiger partial charge in [0.15, 0.2) is 0 Å². The molecule has 0 radical (unpaired) electrons. The molecule has 0 saturated carbocycles. The maximum Gasteiger partial charge on any atom is 0.228 e. The molecule has 0 bridgehead atoms. The van der Waals surface area contributed by atoms with Crippen LogP contribution in [0.25, 0.3) is 10.4 Å². The summed E-state index contributed by atoms with van der Waals surface area (Å²) in [6.07, 6.45) is 0.325. The molecule has 0 spiro atoms. The van der Waals surface area contributed by atoms with E-state index >= 15 is 0 Å². The molecule has 1 aromatic rings. The molecule has 0 aromatic carbocycles. The highest BCUT2D eigenvalue weighted by Gasteiger charge is 2.31. The molecule has 1 unspecified atom stereocenters. The van der Waals surface area contributed by atoms with E-state index in [9.17, 15) is 4.79 Å². The number of methoxy groups -OCH3 is 1. The van der Waals surface area contributed by atoms with Crippen molar-refractivity contribution in [2.45, 2.75) is 6.42 Å². The van der Waals surface area contributed by atoms with Gasteiger partial charge in [-0.3, -0.25) is 9.69 Å². The van der Waals surface area contributed by atoms with Crippen molar-refractivity contribution in [2.24, 2.45) is 11.0 Å². The van der Waals surface area contributed by atoms with E-state index in [2.05, 4.69) is 20.0 Å². The van der Waals surface area contributed by atoms with Crippen molar-refractivity contribution in [1.82, 2.24) is 9.97 Å². The number of carbonyl (C=O) groups is 1. The highest BCUT2D eigenvalue weighted by molar-refractivity contribution is 5.95. The Kier molecular flexibility index (Phi) is 3.67. The molecule has 2 N–H and O–H groups in total. The van der Waals surface area contributed by atoms with Gasteiger partial charge >= 0.3 is 0 Å². The van der Waals surface area contributed by atoms with Crippen molar-refractivity contribution in [1.29, 1.82) is 0 Å². The van der Waals surface area contributed by atoms with Crippen molar-refractivity contribution >= 4 is 17.7 Å². The molecule has 19 heavy (non-hydrogen) atoms. The van der Waals surface area contributed by atoms with Crippen molar-refractivity contribution in [2.75, 3.05) is 30.8 Å². The number of hydrogen-bond donors (Lipinski definition) is 1. The second-order valence-electron chi connectivity index (χ2n) is 4.11. The number of aromatic nitrogens is 2. The molecule has 1 saturated heterocycles. The average molecular weight is 263 g/mol. The Morgan fingerprint density at radius 1 is 1.68 bits per heavy atom. The first-order chi connectivity index (χ1) is 9.13. The van der Waals surface area contributed by atoms with Gasteiger partial charge in [0.2, 0.25) is 17.7 Å². The monoisotopic (exact) mass is 263 g/mol. The molecule has 9 nitrogen and oxygen atoms in total. The van der Waals surface area contributed by atoms with E-state index in [0.29, 0.717) is 24.7 Å². The Balaban J connectivity index is 2.20. The zero-order chi connectivity index (χ0) is 13.8. The summed E-state index contributed by atoms with van der Waals surface area (Å²) in [5.41, 5.74) is 13.8. The number of anilines is 2. The predicted octanol–water partition coefficient (Wildman–Crippen LogP) is 0.731. The molecule has 1 fully saturated rings. The van der Waals surface area contributed by atoms with Crippen molar-refractivity contribution < 1.29 is 9.53 Å². The molecule has 1 aromatic heterocycles. The first-order valence-corrected chi connectivity index (χ1v) is 5.63. The van der Waals surface area contributed by atoms with Crippen LogP contribution >= 0.6 is 0 Å². The minimum atomic E-state index is -0.0849. The Morgan fingerprint density at radius 3 is 3.16 bits per heavy atom. The van der Waals surface area contributed by atoms with Gasteiger partial charge in [0, 0.05) is 30.5 Å². The third-order valence-electron chi connectivity index (χ3n) is 2.80. The van der Waals surface area contributed by atoms with E-state index in [1.165, 1.54) is 12.0 Å². The molecule has 2 rings (SSSR count). The lowest BCUT2D eigenvalue weighted by Gasteiger charge is -2.16. The quantitative estimate of drug-likeness (QED) is 0.486. The van der Waals surface area contributed by atoms with Crippen molar-refractivity contribution in [3.63, 3.8) is 0 Å². The lowest BCUT2D eigenvalue weighted by molar-refractivity contribution is -0.117. The van der Waals surface area contributed by atoms with E-state index in [1.807, 2.05) is 0 Å². The third-order valence-corrected chi connectivity index (χ3v) is 2.80. The summed E-state index contributed by atoms with van der Waals surface area (Å²) >= 11 is 0. The number of ether oxygens (including phenoxy) is 1. The first kappa shape index (κ1) is 12.9. The minimum Gasteiger partial charge on any atom is -0.481 e. The summed E-state index contributed by atoms with van der Waals surface area (Å²) in [5.74, 6) is 0.649. The fraction of sp³-hybridized carbons (Fsp3) is 0.500. The predicted molar refractivity (Wildman–Crippen MR) is 67.5 cm³/mol. The fourth-order valence-electron chi connectivity index (χ4n) is 1.95. The zero-order valence-corrected chi connectivity index (χ0v) is 10.4. The number of amides is 1. The van der Waals surface area contributed by atoms with Crippen LogP contribution in [0.4, 0.5) is 11.8 Å². The van der Waals surface area contributed by atoms with Gasteiger partial charge in [-0.15, -0.1) is 0 Å². The second-order valence-corrected chi connectivity index (χ2v) is 4.11. The van der Waals surface area contributed by atoms with Gasteiger partial charge in [-0.2, -0.15) is 9.97 Å². The Bertz CT molecular complexity index is 541. The minimum absolute atomic E-state index is 0.00872. The fourth-order valence-corrected chi connectivity index (χ4v) is 1.95. The molecular formula is C10H13N7O2. The van der Waals surface area contributed by atoms with E-state index in [0.717, 1.165) is 0 Å². The van der Waals surface area contributed by atoms with Crippen molar-refractivity contribution in [3.8, 4) is 5.88 Å².